The van der Waals surface area contributed by atoms with Crippen LogP contribution in [0.3, 0.4) is 0 Å². The number of halogens is 3. The number of hydrogen-bond donors (Lipinski definition) is 0. The Bertz CT molecular complexity index is 1290. The third-order valence-electron chi connectivity index (χ3n) is 7.59. The molecule has 7 atom stereocenters. The molecule has 2 aromatic carbocycles. The number of nitrogens with zero attached hydrogens (tertiary/aromatic N) is 3. The molecule has 3 amide bonds. The molecule has 192 valence electrons. The van der Waals surface area contributed by atoms with Crippen LogP contribution in [0.15, 0.2) is 48.5 Å². The van der Waals surface area contributed by atoms with Crippen LogP contribution in [0.4, 0.5) is 5.69 Å². The van der Waals surface area contributed by atoms with Gasteiger partial charge in [0.15, 0.2) is 5.78 Å². The minimum Gasteiger partial charge on any atom is -0.292 e. The molecule has 1 aliphatic heterocycles. The van der Waals surface area contributed by atoms with Crippen LogP contribution in [-0.2, 0) is 9.59 Å². The third kappa shape index (κ3) is 4.11. The van der Waals surface area contributed by atoms with Gasteiger partial charge in [-0.2, -0.15) is 5.01 Å². The maximum atomic E-state index is 13.8. The summed E-state index contributed by atoms with van der Waals surface area (Å²) in [6, 6.07) is 9.64. The second-order valence-electron chi connectivity index (χ2n) is 9.49. The Morgan fingerprint density at radius 2 is 1.46 bits per heavy atom. The van der Waals surface area contributed by atoms with E-state index in [1.54, 1.807) is 0 Å². The molecule has 3 aliphatic rings. The highest BCUT2D eigenvalue weighted by Gasteiger charge is 2.68. The lowest BCUT2D eigenvalue weighted by molar-refractivity contribution is -0.384. The van der Waals surface area contributed by atoms with E-state index in [9.17, 15) is 29.3 Å². The van der Waals surface area contributed by atoms with E-state index in [2.05, 4.69) is 31.9 Å². The average Bonchev–Trinajstić information content (AvgIpc) is 3.50. The highest BCUT2D eigenvalue weighted by atomic mass is 79.9. The van der Waals surface area contributed by atoms with Crippen LogP contribution in [0.25, 0.3) is 0 Å². The van der Waals surface area contributed by atoms with Crippen molar-refractivity contribution in [3.8, 4) is 0 Å². The second-order valence-corrected chi connectivity index (χ2v) is 12.0. The first-order valence-electron chi connectivity index (χ1n) is 11.6. The SMILES string of the molecule is C[C@H](C(=O)c1ccc(Cl)cc1)N(C(=O)c1ccc([N+](=O)[O-])cc1)N1C(=O)[C@@H]2[C@H]3C[C@@H]([C@@H](Br)[C@H]3Br)[C@H]2C1=O. The molecule has 2 aliphatic carbocycles. The molecule has 1 saturated heterocycles. The summed E-state index contributed by atoms with van der Waals surface area (Å²) < 4.78 is 0. The summed E-state index contributed by atoms with van der Waals surface area (Å²) in [7, 11) is 0. The summed E-state index contributed by atoms with van der Waals surface area (Å²) >= 11 is 13.2. The first-order valence-corrected chi connectivity index (χ1v) is 13.8. The number of benzene rings is 2. The lowest BCUT2D eigenvalue weighted by Gasteiger charge is -2.35. The van der Waals surface area contributed by atoms with E-state index in [0.29, 0.717) is 11.4 Å². The number of rotatable bonds is 6. The molecule has 0 spiro atoms. The van der Waals surface area contributed by atoms with Crippen LogP contribution in [0.1, 0.15) is 34.1 Å². The number of ketones is 1. The highest BCUT2D eigenvalue weighted by molar-refractivity contribution is 9.12. The van der Waals surface area contributed by atoms with Gasteiger partial charge in [-0.3, -0.25) is 29.3 Å². The van der Waals surface area contributed by atoms with Crippen LogP contribution < -0.4 is 0 Å². The molecule has 2 aromatic rings. The number of alkyl halides is 2. The van der Waals surface area contributed by atoms with E-state index >= 15 is 0 Å². The smallest absolute Gasteiger partial charge is 0.273 e. The average molecular weight is 654 g/mol. The van der Waals surface area contributed by atoms with E-state index in [-0.39, 0.29) is 38.3 Å². The number of nitro groups is 1. The zero-order valence-corrected chi connectivity index (χ0v) is 23.2. The number of carbonyl (C=O) groups is 4. The van der Waals surface area contributed by atoms with Crippen molar-refractivity contribution < 1.29 is 24.1 Å². The van der Waals surface area contributed by atoms with Gasteiger partial charge in [0.1, 0.15) is 6.04 Å². The standard InChI is InChI=1S/C25H20Br2ClN3O6/c1-11(22(32)12-2-6-14(28)7-3-12)29(23(33)13-4-8-15(9-5-13)31(36)37)30-24(34)18-16-10-17(19(18)25(30)35)21(27)20(16)26/h2-9,11,16-21H,10H2,1H3/t11-,16-,17-,18-,19-,20-,21+/m1/s1. The molecule has 3 fully saturated rings. The van der Waals surface area contributed by atoms with E-state index in [1.165, 1.54) is 43.3 Å². The Morgan fingerprint density at radius 3 is 1.95 bits per heavy atom. The molecule has 9 nitrogen and oxygen atoms in total. The number of non-ortho nitro benzene ring substituents is 1. The molecule has 2 saturated carbocycles. The van der Waals surface area contributed by atoms with Crippen molar-refractivity contribution in [2.24, 2.45) is 23.7 Å². The molecule has 0 aromatic heterocycles. The Morgan fingerprint density at radius 1 is 0.973 bits per heavy atom. The molecule has 37 heavy (non-hydrogen) atoms. The Hall–Kier alpha value is -2.63. The normalized spacial score (nSPS) is 28.8. The van der Waals surface area contributed by atoms with E-state index < -0.39 is 46.3 Å². The highest BCUT2D eigenvalue weighted by Crippen LogP contribution is 2.60. The van der Waals surface area contributed by atoms with Gasteiger partial charge in [-0.1, -0.05) is 43.5 Å². The summed E-state index contributed by atoms with van der Waals surface area (Å²) in [5.41, 5.74) is 0.0251. The van der Waals surface area contributed by atoms with Crippen LogP contribution in [0, 0.1) is 33.8 Å². The quantitative estimate of drug-likeness (QED) is 0.147. The fourth-order valence-electron chi connectivity index (χ4n) is 5.81. The van der Waals surface area contributed by atoms with Crippen molar-refractivity contribution >= 4 is 72.7 Å². The first kappa shape index (κ1) is 26.0. The number of nitro benzene ring substituents is 1. The number of carbonyl (C=O) groups excluding carboxylic acids is 4. The van der Waals surface area contributed by atoms with Gasteiger partial charge in [0, 0.05) is 37.9 Å². The van der Waals surface area contributed by atoms with Gasteiger partial charge in [-0.05, 0) is 61.6 Å². The summed E-state index contributed by atoms with van der Waals surface area (Å²) in [6.45, 7) is 1.45. The Kier molecular flexibility index (Phi) is 6.74. The number of fused-ring (bicyclic) bond motifs is 5. The number of amides is 3. The molecule has 2 bridgehead atoms. The van der Waals surface area contributed by atoms with Gasteiger partial charge >= 0.3 is 0 Å². The van der Waals surface area contributed by atoms with Crippen molar-refractivity contribution in [2.75, 3.05) is 0 Å². The summed E-state index contributed by atoms with van der Waals surface area (Å²) in [4.78, 5) is 65.2. The molecule has 0 unspecified atom stereocenters. The topological polar surface area (TPSA) is 118 Å². The summed E-state index contributed by atoms with van der Waals surface area (Å²) in [6.07, 6.45) is 0.710. The zero-order chi connectivity index (χ0) is 26.8. The molecule has 12 heteroatoms. The summed E-state index contributed by atoms with van der Waals surface area (Å²) in [5.74, 6) is -3.68. The molecule has 0 radical (unpaired) electrons. The van der Waals surface area contributed by atoms with Crippen molar-refractivity contribution in [2.45, 2.75) is 29.0 Å². The number of imide groups is 1. The molecular formula is C25H20Br2ClN3O6. The van der Waals surface area contributed by atoms with Crippen LogP contribution in [0.2, 0.25) is 5.02 Å². The fourth-order valence-corrected chi connectivity index (χ4v) is 7.81. The number of hydrogen-bond acceptors (Lipinski definition) is 6. The van der Waals surface area contributed by atoms with Crippen LogP contribution in [-0.4, -0.2) is 54.1 Å². The monoisotopic (exact) mass is 651 g/mol. The Labute approximate surface area is 233 Å². The van der Waals surface area contributed by atoms with E-state index in [1.807, 2.05) is 0 Å². The van der Waals surface area contributed by atoms with Gasteiger partial charge in [0.05, 0.1) is 16.8 Å². The number of Topliss-reactive ketones (excluding diaryl/α,β-unsaturated/α-hetero) is 1. The van der Waals surface area contributed by atoms with Crippen molar-refractivity contribution in [1.82, 2.24) is 10.0 Å². The largest absolute Gasteiger partial charge is 0.292 e. The number of hydrazine groups is 1. The van der Waals surface area contributed by atoms with Gasteiger partial charge in [0.2, 0.25) is 0 Å². The maximum Gasteiger partial charge on any atom is 0.273 e. The van der Waals surface area contributed by atoms with Crippen molar-refractivity contribution in [1.29, 1.82) is 0 Å². The zero-order valence-electron chi connectivity index (χ0n) is 19.3. The predicted molar refractivity (Wildman–Crippen MR) is 140 cm³/mol. The van der Waals surface area contributed by atoms with Gasteiger partial charge in [-0.25, -0.2) is 5.01 Å². The van der Waals surface area contributed by atoms with Gasteiger partial charge in [0.25, 0.3) is 23.4 Å². The third-order valence-corrected chi connectivity index (χ3v) is 11.0. The fraction of sp³-hybridized carbons (Fsp3) is 0.360. The summed E-state index contributed by atoms with van der Waals surface area (Å²) in [5, 5.41) is 13.2. The van der Waals surface area contributed by atoms with E-state index in [4.69, 9.17) is 11.6 Å². The first-order chi connectivity index (χ1) is 17.5. The Balaban J connectivity index is 1.54. The lowest BCUT2D eigenvalue weighted by atomic mass is 9.81. The molecule has 0 N–H and O–H groups in total. The second kappa shape index (κ2) is 9.59. The van der Waals surface area contributed by atoms with Crippen molar-refractivity contribution in [3.63, 3.8) is 0 Å². The van der Waals surface area contributed by atoms with Crippen LogP contribution in [0.5, 0.6) is 0 Å². The van der Waals surface area contributed by atoms with E-state index in [0.717, 1.165) is 22.2 Å². The molecule has 1 heterocycles. The molecule has 5 rings (SSSR count). The lowest BCUT2D eigenvalue weighted by Crippen LogP contribution is -2.56. The molecular weight excluding hydrogens is 634 g/mol. The minimum atomic E-state index is -1.23. The van der Waals surface area contributed by atoms with Gasteiger partial charge in [-0.15, -0.1) is 0 Å². The van der Waals surface area contributed by atoms with Crippen LogP contribution >= 0.6 is 43.5 Å². The maximum absolute atomic E-state index is 13.8. The predicted octanol–water partition coefficient (Wildman–Crippen LogP) is 4.65. The minimum absolute atomic E-state index is 0.00118. The van der Waals surface area contributed by atoms with Crippen molar-refractivity contribution in [3.05, 3.63) is 74.8 Å². The van der Waals surface area contributed by atoms with Gasteiger partial charge < -0.3 is 0 Å².